The van der Waals surface area contributed by atoms with E-state index >= 15 is 0 Å². The monoisotopic (exact) mass is 314 g/mol. The van der Waals surface area contributed by atoms with Crippen LogP contribution in [-0.4, -0.2) is 0 Å². The van der Waals surface area contributed by atoms with Gasteiger partial charge in [-0.15, -0.1) is 6.58 Å². The predicted octanol–water partition coefficient (Wildman–Crippen LogP) is 6.61. The van der Waals surface area contributed by atoms with Crippen molar-refractivity contribution in [2.75, 3.05) is 0 Å². The lowest BCUT2D eigenvalue weighted by Gasteiger charge is -2.27. The van der Waals surface area contributed by atoms with Crippen LogP contribution in [0.1, 0.15) is 37.2 Å². The zero-order valence-corrected chi connectivity index (χ0v) is 13.3. The van der Waals surface area contributed by atoms with E-state index in [4.69, 9.17) is 11.6 Å². The molecular formula is C20H20ClF. The molecule has 2 heteroatoms. The van der Waals surface area contributed by atoms with E-state index in [0.29, 0.717) is 11.8 Å². The van der Waals surface area contributed by atoms with Gasteiger partial charge in [-0.1, -0.05) is 48.0 Å². The van der Waals surface area contributed by atoms with Crippen LogP contribution < -0.4 is 0 Å². The van der Waals surface area contributed by atoms with Crippen LogP contribution in [0.25, 0.3) is 11.1 Å². The smallest absolute Gasteiger partial charge is 0.142 e. The van der Waals surface area contributed by atoms with Crippen molar-refractivity contribution in [2.45, 2.75) is 31.6 Å². The lowest BCUT2D eigenvalue weighted by Crippen LogP contribution is -2.11. The quantitative estimate of drug-likeness (QED) is 0.559. The summed E-state index contributed by atoms with van der Waals surface area (Å²) in [5.41, 5.74) is 3.28. The second-order valence-corrected chi connectivity index (χ2v) is 6.51. The zero-order chi connectivity index (χ0) is 15.5. The molecule has 0 bridgehead atoms. The fourth-order valence-electron chi connectivity index (χ4n) is 3.31. The van der Waals surface area contributed by atoms with Gasteiger partial charge in [-0.25, -0.2) is 4.39 Å². The van der Waals surface area contributed by atoms with Gasteiger partial charge in [0.1, 0.15) is 5.82 Å². The van der Waals surface area contributed by atoms with Gasteiger partial charge in [0, 0.05) is 0 Å². The second-order valence-electron chi connectivity index (χ2n) is 6.10. The Kier molecular flexibility index (Phi) is 4.63. The molecule has 0 saturated heterocycles. The molecule has 22 heavy (non-hydrogen) atoms. The van der Waals surface area contributed by atoms with Crippen molar-refractivity contribution in [3.63, 3.8) is 0 Å². The molecule has 0 N–H and O–H groups in total. The third kappa shape index (κ3) is 3.25. The van der Waals surface area contributed by atoms with Crippen molar-refractivity contribution in [1.82, 2.24) is 0 Å². The van der Waals surface area contributed by atoms with E-state index in [2.05, 4.69) is 36.9 Å². The van der Waals surface area contributed by atoms with Gasteiger partial charge in [-0.3, -0.25) is 0 Å². The van der Waals surface area contributed by atoms with Gasteiger partial charge in [0.15, 0.2) is 0 Å². The number of hydrogen-bond acceptors (Lipinski definition) is 0. The molecule has 2 aromatic rings. The largest absolute Gasteiger partial charge is 0.205 e. The number of allylic oxidation sites excluding steroid dienone is 1. The van der Waals surface area contributed by atoms with Gasteiger partial charge in [0.2, 0.25) is 0 Å². The van der Waals surface area contributed by atoms with Crippen LogP contribution in [0.4, 0.5) is 4.39 Å². The second kappa shape index (κ2) is 6.66. The molecule has 0 aromatic heterocycles. The van der Waals surface area contributed by atoms with E-state index in [1.165, 1.54) is 37.3 Å². The molecule has 0 aliphatic heterocycles. The van der Waals surface area contributed by atoms with Gasteiger partial charge in [0.25, 0.3) is 0 Å². The Morgan fingerprint density at radius 1 is 0.955 bits per heavy atom. The van der Waals surface area contributed by atoms with Crippen LogP contribution in [0.15, 0.2) is 55.1 Å². The lowest BCUT2D eigenvalue weighted by molar-refractivity contribution is 0.376. The first-order chi connectivity index (χ1) is 10.7. The van der Waals surface area contributed by atoms with Crippen LogP contribution >= 0.6 is 11.6 Å². The maximum atomic E-state index is 13.6. The molecule has 1 aliphatic rings. The first kappa shape index (κ1) is 15.3. The Bertz CT molecular complexity index is 652. The van der Waals surface area contributed by atoms with Crippen LogP contribution in [0.2, 0.25) is 5.02 Å². The Labute approximate surface area is 136 Å². The maximum Gasteiger partial charge on any atom is 0.142 e. The Morgan fingerprint density at radius 2 is 1.59 bits per heavy atom. The molecule has 0 radical (unpaired) electrons. The van der Waals surface area contributed by atoms with Crippen LogP contribution in [0.3, 0.4) is 0 Å². The summed E-state index contributed by atoms with van der Waals surface area (Å²) >= 11 is 5.74. The zero-order valence-electron chi connectivity index (χ0n) is 12.6. The van der Waals surface area contributed by atoms with E-state index in [0.717, 1.165) is 11.1 Å². The normalized spacial score (nSPS) is 21.5. The highest BCUT2D eigenvalue weighted by molar-refractivity contribution is 6.30. The Hall–Kier alpha value is -1.60. The van der Waals surface area contributed by atoms with Crippen LogP contribution in [0.5, 0.6) is 0 Å². The fourth-order valence-corrected chi connectivity index (χ4v) is 3.43. The average molecular weight is 315 g/mol. The minimum absolute atomic E-state index is 0.166. The third-order valence-electron chi connectivity index (χ3n) is 4.74. The van der Waals surface area contributed by atoms with E-state index in [-0.39, 0.29) is 10.8 Å². The highest BCUT2D eigenvalue weighted by atomic mass is 35.5. The summed E-state index contributed by atoms with van der Waals surface area (Å²) in [6, 6.07) is 13.5. The third-order valence-corrected chi connectivity index (χ3v) is 5.05. The standard InChI is InChI=1S/C20H20ClF/c1-2-14-3-5-15(6-4-14)16-7-9-17(10-8-16)18-11-12-19(21)20(22)13-18/h2,7-15H,1,3-6H2/t14-,15-. The summed E-state index contributed by atoms with van der Waals surface area (Å²) in [6.07, 6.45) is 7.02. The highest BCUT2D eigenvalue weighted by Crippen LogP contribution is 2.36. The van der Waals surface area contributed by atoms with E-state index in [9.17, 15) is 4.39 Å². The van der Waals surface area contributed by atoms with Crippen molar-refractivity contribution in [3.8, 4) is 11.1 Å². The summed E-state index contributed by atoms with van der Waals surface area (Å²) in [4.78, 5) is 0. The molecule has 2 aromatic carbocycles. The molecule has 1 fully saturated rings. The molecule has 3 rings (SSSR count). The SMILES string of the molecule is C=C[C@H]1CC[C@H](c2ccc(-c3ccc(Cl)c(F)c3)cc2)CC1. The van der Waals surface area contributed by atoms with Gasteiger partial charge in [0.05, 0.1) is 5.02 Å². The van der Waals surface area contributed by atoms with Crippen molar-refractivity contribution in [2.24, 2.45) is 5.92 Å². The molecule has 0 spiro atoms. The molecule has 0 heterocycles. The first-order valence-corrected chi connectivity index (χ1v) is 8.23. The minimum atomic E-state index is -0.369. The summed E-state index contributed by atoms with van der Waals surface area (Å²) in [5, 5.41) is 0.166. The van der Waals surface area contributed by atoms with Gasteiger partial charge < -0.3 is 0 Å². The number of rotatable bonds is 3. The van der Waals surface area contributed by atoms with Gasteiger partial charge in [-0.2, -0.15) is 0 Å². The molecule has 0 amide bonds. The lowest BCUT2D eigenvalue weighted by atomic mass is 9.78. The molecule has 0 unspecified atom stereocenters. The number of hydrogen-bond donors (Lipinski definition) is 0. The summed E-state index contributed by atoms with van der Waals surface area (Å²) in [6.45, 7) is 3.90. The molecule has 1 saturated carbocycles. The van der Waals surface area contributed by atoms with Gasteiger partial charge >= 0.3 is 0 Å². The Balaban J connectivity index is 1.75. The molecule has 1 aliphatic carbocycles. The van der Waals surface area contributed by atoms with E-state index in [1.807, 2.05) is 6.07 Å². The Morgan fingerprint density at radius 3 is 2.18 bits per heavy atom. The summed E-state index contributed by atoms with van der Waals surface area (Å²) in [7, 11) is 0. The van der Waals surface area contributed by atoms with Crippen LogP contribution in [0, 0.1) is 11.7 Å². The molecule has 114 valence electrons. The molecular weight excluding hydrogens is 295 g/mol. The predicted molar refractivity (Wildman–Crippen MR) is 91.7 cm³/mol. The van der Waals surface area contributed by atoms with Crippen molar-refractivity contribution in [1.29, 1.82) is 0 Å². The van der Waals surface area contributed by atoms with Gasteiger partial charge in [-0.05, 0) is 66.3 Å². The number of halogens is 2. The van der Waals surface area contributed by atoms with E-state index < -0.39 is 0 Å². The van der Waals surface area contributed by atoms with Crippen LogP contribution in [-0.2, 0) is 0 Å². The fraction of sp³-hybridized carbons (Fsp3) is 0.300. The molecule has 0 nitrogen and oxygen atoms in total. The average Bonchev–Trinajstić information content (AvgIpc) is 2.58. The molecule has 0 atom stereocenters. The number of benzene rings is 2. The first-order valence-electron chi connectivity index (χ1n) is 7.85. The van der Waals surface area contributed by atoms with Crippen molar-refractivity contribution >= 4 is 11.6 Å². The van der Waals surface area contributed by atoms with Crippen molar-refractivity contribution in [3.05, 3.63) is 71.5 Å². The van der Waals surface area contributed by atoms with E-state index in [1.54, 1.807) is 6.07 Å². The maximum absolute atomic E-state index is 13.6. The summed E-state index contributed by atoms with van der Waals surface area (Å²) in [5.74, 6) is 0.964. The summed E-state index contributed by atoms with van der Waals surface area (Å²) < 4.78 is 13.6. The van der Waals surface area contributed by atoms with Crippen molar-refractivity contribution < 1.29 is 4.39 Å². The minimum Gasteiger partial charge on any atom is -0.205 e. The topological polar surface area (TPSA) is 0 Å². The highest BCUT2D eigenvalue weighted by Gasteiger charge is 2.20.